The van der Waals surface area contributed by atoms with Crippen LogP contribution in [0.4, 0.5) is 0 Å². The Morgan fingerprint density at radius 2 is 1.80 bits per heavy atom. The van der Waals surface area contributed by atoms with Crippen LogP contribution in [0.2, 0.25) is 0 Å². The zero-order valence-corrected chi connectivity index (χ0v) is 14.8. The number of benzene rings is 1. The molecule has 0 aliphatic carbocycles. The van der Waals surface area contributed by atoms with Gasteiger partial charge < -0.3 is 5.11 Å². The molecule has 0 spiro atoms. The van der Waals surface area contributed by atoms with E-state index < -0.39 is 5.97 Å². The normalized spacial score (nSPS) is 11.8. The van der Waals surface area contributed by atoms with Crippen LogP contribution in [0.5, 0.6) is 0 Å². The van der Waals surface area contributed by atoms with Crippen molar-refractivity contribution in [3.8, 4) is 11.4 Å². The Labute approximate surface area is 149 Å². The number of nitrogens with zero attached hydrogens (tertiary/aromatic N) is 2. The van der Waals surface area contributed by atoms with Crippen molar-refractivity contribution >= 4 is 11.5 Å². The van der Waals surface area contributed by atoms with Crippen molar-refractivity contribution in [1.82, 2.24) is 9.97 Å². The van der Waals surface area contributed by atoms with Crippen LogP contribution in [-0.4, -0.2) is 21.0 Å². The largest absolute Gasteiger partial charge is 0.478 e. The lowest BCUT2D eigenvalue weighted by Gasteiger charge is -2.05. The molecule has 0 atom stereocenters. The molecule has 0 fully saturated rings. The summed E-state index contributed by atoms with van der Waals surface area (Å²) in [4.78, 5) is 20.0. The summed E-state index contributed by atoms with van der Waals surface area (Å²) in [6.45, 7) is 4.04. The highest BCUT2D eigenvalue weighted by atomic mass is 16.4. The van der Waals surface area contributed by atoms with E-state index in [1.807, 2.05) is 19.1 Å². The molecule has 0 saturated heterocycles. The van der Waals surface area contributed by atoms with E-state index in [-0.39, 0.29) is 5.57 Å². The number of hydrogen-bond donors (Lipinski definition) is 1. The predicted molar refractivity (Wildman–Crippen MR) is 101 cm³/mol. The van der Waals surface area contributed by atoms with Crippen molar-refractivity contribution in [3.63, 3.8) is 0 Å². The van der Waals surface area contributed by atoms with Gasteiger partial charge in [-0.2, -0.15) is 0 Å². The Morgan fingerprint density at radius 3 is 2.36 bits per heavy atom. The van der Waals surface area contributed by atoms with Gasteiger partial charge in [0.05, 0.1) is 5.57 Å². The number of carbonyl (C=O) groups is 1. The van der Waals surface area contributed by atoms with Crippen molar-refractivity contribution in [2.45, 2.75) is 39.5 Å². The van der Waals surface area contributed by atoms with Crippen molar-refractivity contribution in [3.05, 3.63) is 66.0 Å². The van der Waals surface area contributed by atoms with Gasteiger partial charge in [0.25, 0.3) is 0 Å². The topological polar surface area (TPSA) is 63.1 Å². The first-order valence-electron chi connectivity index (χ1n) is 8.63. The van der Waals surface area contributed by atoms with E-state index in [0.29, 0.717) is 11.4 Å². The first kappa shape index (κ1) is 18.6. The summed E-state index contributed by atoms with van der Waals surface area (Å²) in [5, 5.41) is 9.30. The highest BCUT2D eigenvalue weighted by molar-refractivity contribution is 6.15. The third-order valence-corrected chi connectivity index (χ3v) is 3.93. The van der Waals surface area contributed by atoms with E-state index in [9.17, 15) is 9.90 Å². The molecule has 2 aromatic rings. The molecule has 0 bridgehead atoms. The van der Waals surface area contributed by atoms with Gasteiger partial charge in [-0.3, -0.25) is 0 Å². The average molecular weight is 336 g/mol. The summed E-state index contributed by atoms with van der Waals surface area (Å²) in [6.07, 6.45) is 12.9. The number of rotatable bonds is 8. The van der Waals surface area contributed by atoms with Crippen LogP contribution in [0.15, 0.2) is 54.9 Å². The molecule has 130 valence electrons. The van der Waals surface area contributed by atoms with Gasteiger partial charge in [-0.15, -0.1) is 0 Å². The van der Waals surface area contributed by atoms with Gasteiger partial charge in [-0.05, 0) is 31.4 Å². The maximum absolute atomic E-state index is 11.3. The molecule has 0 aliphatic heterocycles. The molecule has 1 aromatic heterocycles. The summed E-state index contributed by atoms with van der Waals surface area (Å²) in [6, 6.07) is 8.25. The van der Waals surface area contributed by atoms with Gasteiger partial charge in [-0.1, -0.05) is 56.2 Å². The van der Waals surface area contributed by atoms with Crippen LogP contribution in [0.3, 0.4) is 0 Å². The SMILES string of the molecule is CC=CC=C(C(=O)O)c1cnc(-c2ccc(CCCCC)cc2)nc1. The average Bonchev–Trinajstić information content (AvgIpc) is 2.63. The monoisotopic (exact) mass is 336 g/mol. The van der Waals surface area contributed by atoms with Gasteiger partial charge in [0.1, 0.15) is 0 Å². The Morgan fingerprint density at radius 1 is 1.12 bits per heavy atom. The van der Waals surface area contributed by atoms with E-state index in [1.165, 1.54) is 24.8 Å². The quantitative estimate of drug-likeness (QED) is 0.422. The zero-order valence-electron chi connectivity index (χ0n) is 14.8. The molecular formula is C21H24N2O2. The molecule has 0 saturated carbocycles. The number of hydrogen-bond acceptors (Lipinski definition) is 3. The molecular weight excluding hydrogens is 312 g/mol. The maximum Gasteiger partial charge on any atom is 0.336 e. The fourth-order valence-electron chi connectivity index (χ4n) is 2.50. The molecule has 1 heterocycles. The first-order valence-corrected chi connectivity index (χ1v) is 8.63. The van der Waals surface area contributed by atoms with Crippen LogP contribution in [0.1, 0.15) is 44.2 Å². The van der Waals surface area contributed by atoms with Crippen LogP contribution in [-0.2, 0) is 11.2 Å². The molecule has 0 radical (unpaired) electrons. The third-order valence-electron chi connectivity index (χ3n) is 3.93. The van der Waals surface area contributed by atoms with Gasteiger partial charge in [0.2, 0.25) is 0 Å². The van der Waals surface area contributed by atoms with Crippen LogP contribution < -0.4 is 0 Å². The lowest BCUT2D eigenvalue weighted by Crippen LogP contribution is -2.01. The molecule has 0 unspecified atom stereocenters. The maximum atomic E-state index is 11.3. The second-order valence-corrected chi connectivity index (χ2v) is 5.86. The summed E-state index contributed by atoms with van der Waals surface area (Å²) in [5.41, 5.74) is 2.91. The number of unbranched alkanes of at least 4 members (excludes halogenated alkanes) is 2. The van der Waals surface area contributed by atoms with Crippen LogP contribution in [0, 0.1) is 0 Å². The van der Waals surface area contributed by atoms with Crippen LogP contribution >= 0.6 is 0 Å². The Balaban J connectivity index is 2.15. The predicted octanol–water partition coefficient (Wildman–Crippen LogP) is 4.92. The van der Waals surface area contributed by atoms with Crippen LogP contribution in [0.25, 0.3) is 17.0 Å². The van der Waals surface area contributed by atoms with Crippen molar-refractivity contribution < 1.29 is 9.90 Å². The zero-order chi connectivity index (χ0) is 18.1. The summed E-state index contributed by atoms with van der Waals surface area (Å²) in [5.74, 6) is -0.398. The first-order chi connectivity index (χ1) is 12.2. The number of aliphatic carboxylic acids is 1. The second kappa shape index (κ2) is 9.52. The molecule has 2 rings (SSSR count). The number of aromatic nitrogens is 2. The van der Waals surface area contributed by atoms with E-state index in [4.69, 9.17) is 0 Å². The van der Waals surface area contributed by atoms with E-state index in [1.54, 1.807) is 30.6 Å². The highest BCUT2D eigenvalue weighted by Crippen LogP contribution is 2.19. The minimum atomic E-state index is -0.995. The molecule has 0 amide bonds. The molecule has 1 aromatic carbocycles. The van der Waals surface area contributed by atoms with Gasteiger partial charge in [0, 0.05) is 23.5 Å². The molecule has 25 heavy (non-hydrogen) atoms. The Bertz CT molecular complexity index is 744. The number of allylic oxidation sites excluding steroid dienone is 3. The molecule has 4 nitrogen and oxygen atoms in total. The van der Waals surface area contributed by atoms with E-state index in [0.717, 1.165) is 12.0 Å². The summed E-state index contributed by atoms with van der Waals surface area (Å²) in [7, 11) is 0. The lowest BCUT2D eigenvalue weighted by molar-refractivity contribution is -0.130. The summed E-state index contributed by atoms with van der Waals surface area (Å²) >= 11 is 0. The van der Waals surface area contributed by atoms with E-state index in [2.05, 4.69) is 29.0 Å². The standard InChI is InChI=1S/C21H24N2O2/c1-3-5-7-8-16-10-12-17(13-11-16)20-22-14-18(15-23-20)19(21(24)25)9-6-4-2/h4,6,9-15H,3,5,7-8H2,1-2H3,(H,24,25). The van der Waals surface area contributed by atoms with Gasteiger partial charge >= 0.3 is 5.97 Å². The van der Waals surface area contributed by atoms with Gasteiger partial charge in [0.15, 0.2) is 5.82 Å². The molecule has 4 heteroatoms. The lowest BCUT2D eigenvalue weighted by atomic mass is 10.0. The minimum absolute atomic E-state index is 0.177. The molecule has 1 N–H and O–H groups in total. The number of carboxylic acid groups (broad SMARTS) is 1. The second-order valence-electron chi connectivity index (χ2n) is 5.86. The van der Waals surface area contributed by atoms with Crippen molar-refractivity contribution in [2.24, 2.45) is 0 Å². The van der Waals surface area contributed by atoms with Gasteiger partial charge in [-0.25, -0.2) is 14.8 Å². The molecule has 0 aliphatic rings. The number of carboxylic acids is 1. The van der Waals surface area contributed by atoms with E-state index >= 15 is 0 Å². The van der Waals surface area contributed by atoms with Crippen molar-refractivity contribution in [2.75, 3.05) is 0 Å². The Kier molecular flexibility index (Phi) is 7.08. The minimum Gasteiger partial charge on any atom is -0.478 e. The fraction of sp³-hybridized carbons (Fsp3) is 0.286. The summed E-state index contributed by atoms with van der Waals surface area (Å²) < 4.78 is 0. The number of aryl methyl sites for hydroxylation is 1. The highest BCUT2D eigenvalue weighted by Gasteiger charge is 2.11. The van der Waals surface area contributed by atoms with Crippen molar-refractivity contribution in [1.29, 1.82) is 0 Å². The smallest absolute Gasteiger partial charge is 0.336 e. The third kappa shape index (κ3) is 5.38. The fourth-order valence-corrected chi connectivity index (χ4v) is 2.50. The Hall–Kier alpha value is -2.75.